The SMILES string of the molecule is CCc1nc2[nH]c(C)c(OC(C)C)c2nc1-c1ccc(Cl)cc1.CN1CCC(NC=O)CC1.O=CCO. The van der Waals surface area contributed by atoms with Gasteiger partial charge in [0.05, 0.1) is 29.8 Å². The molecule has 0 saturated carbocycles. The second-order valence-corrected chi connectivity index (χ2v) is 9.47. The molecule has 0 unspecified atom stereocenters. The smallest absolute Gasteiger partial charge is 0.207 e. The summed E-state index contributed by atoms with van der Waals surface area (Å²) in [6, 6.07) is 8.11. The number of fused-ring (bicyclic) bond motifs is 1. The van der Waals surface area contributed by atoms with Crippen molar-refractivity contribution in [3.63, 3.8) is 0 Å². The van der Waals surface area contributed by atoms with Crippen LogP contribution in [0.25, 0.3) is 22.4 Å². The average molecular weight is 532 g/mol. The minimum absolute atomic E-state index is 0.0827. The summed E-state index contributed by atoms with van der Waals surface area (Å²) in [6.07, 6.45) is 4.30. The van der Waals surface area contributed by atoms with Crippen molar-refractivity contribution in [2.45, 2.75) is 59.1 Å². The Labute approximate surface area is 223 Å². The van der Waals surface area contributed by atoms with Crippen LogP contribution in [0.1, 0.15) is 45.0 Å². The van der Waals surface area contributed by atoms with E-state index >= 15 is 0 Å². The van der Waals surface area contributed by atoms with Crippen molar-refractivity contribution < 1.29 is 19.4 Å². The molecule has 37 heavy (non-hydrogen) atoms. The number of carbonyl (C=O) groups is 2. The Morgan fingerprint density at radius 3 is 2.35 bits per heavy atom. The van der Waals surface area contributed by atoms with Crippen molar-refractivity contribution >= 4 is 35.5 Å². The van der Waals surface area contributed by atoms with E-state index in [0.29, 0.717) is 17.4 Å². The first-order valence-electron chi connectivity index (χ1n) is 12.5. The number of likely N-dealkylation sites (tertiary alicyclic amines) is 1. The predicted octanol–water partition coefficient (Wildman–Crippen LogP) is 3.94. The highest BCUT2D eigenvalue weighted by Gasteiger charge is 2.18. The van der Waals surface area contributed by atoms with Crippen molar-refractivity contribution in [3.8, 4) is 17.0 Å². The van der Waals surface area contributed by atoms with Crippen LogP contribution in [-0.2, 0) is 16.0 Å². The van der Waals surface area contributed by atoms with Gasteiger partial charge < -0.3 is 29.8 Å². The van der Waals surface area contributed by atoms with Crippen LogP contribution in [0.3, 0.4) is 0 Å². The number of hydrogen-bond donors (Lipinski definition) is 3. The molecule has 2 aromatic heterocycles. The fourth-order valence-corrected chi connectivity index (χ4v) is 3.99. The number of nitrogens with one attached hydrogen (secondary N) is 2. The number of aryl methyl sites for hydroxylation is 2. The molecule has 0 bridgehead atoms. The fraction of sp³-hybridized carbons (Fsp3) is 0.481. The predicted molar refractivity (Wildman–Crippen MR) is 147 cm³/mol. The highest BCUT2D eigenvalue weighted by atomic mass is 35.5. The lowest BCUT2D eigenvalue weighted by molar-refractivity contribution is -0.111. The van der Waals surface area contributed by atoms with Gasteiger partial charge in [-0.25, -0.2) is 9.97 Å². The van der Waals surface area contributed by atoms with Gasteiger partial charge in [0.15, 0.2) is 16.9 Å². The highest BCUT2D eigenvalue weighted by molar-refractivity contribution is 6.30. The zero-order valence-corrected chi connectivity index (χ0v) is 23.0. The summed E-state index contributed by atoms with van der Waals surface area (Å²) in [5.74, 6) is 0.778. The monoisotopic (exact) mass is 531 g/mol. The first kappa shape index (κ1) is 30.2. The van der Waals surface area contributed by atoms with Crippen molar-refractivity contribution in [1.29, 1.82) is 0 Å². The molecule has 1 fully saturated rings. The number of aromatic nitrogens is 3. The second kappa shape index (κ2) is 15.3. The van der Waals surface area contributed by atoms with Gasteiger partial charge in [-0.1, -0.05) is 30.7 Å². The van der Waals surface area contributed by atoms with Gasteiger partial charge >= 0.3 is 0 Å². The molecule has 0 aliphatic carbocycles. The lowest BCUT2D eigenvalue weighted by Gasteiger charge is -2.28. The number of aliphatic hydroxyl groups is 1. The summed E-state index contributed by atoms with van der Waals surface area (Å²) < 4.78 is 5.93. The number of aldehydes is 1. The standard InChI is InChI=1S/C18H20ClN3O.C7H14N2O.C2H4O2/c1-5-14-15(12-6-8-13(19)9-7-12)22-16-17(23-10(2)3)11(4)20-18(16)21-14;1-9-4-2-7(3-5-9)8-6-10;3-1-2-4/h6-10H,5H2,1-4H3,(H,20,21);6-7H,2-5H2,1H3,(H,8,10);1,4H,2H2. The largest absolute Gasteiger partial charge is 0.487 e. The molecule has 1 saturated heterocycles. The Balaban J connectivity index is 0.000000285. The number of hydrogen-bond acceptors (Lipinski definition) is 7. The van der Waals surface area contributed by atoms with E-state index < -0.39 is 0 Å². The van der Waals surface area contributed by atoms with E-state index in [-0.39, 0.29) is 12.7 Å². The summed E-state index contributed by atoms with van der Waals surface area (Å²) in [4.78, 5) is 34.1. The van der Waals surface area contributed by atoms with Crippen LogP contribution < -0.4 is 10.1 Å². The molecule has 1 amide bonds. The number of aromatic amines is 1. The molecule has 1 aliphatic rings. The zero-order valence-electron chi connectivity index (χ0n) is 22.3. The Morgan fingerprint density at radius 1 is 1.22 bits per heavy atom. The number of H-pyrrole nitrogens is 1. The summed E-state index contributed by atoms with van der Waals surface area (Å²) in [5.41, 5.74) is 5.34. The van der Waals surface area contributed by atoms with Gasteiger partial charge in [-0.3, -0.25) is 4.79 Å². The molecule has 0 radical (unpaired) electrons. The van der Waals surface area contributed by atoms with E-state index in [1.54, 1.807) is 0 Å². The van der Waals surface area contributed by atoms with Crippen molar-refractivity contribution in [3.05, 3.63) is 40.7 Å². The van der Waals surface area contributed by atoms with Crippen molar-refractivity contribution in [2.24, 2.45) is 0 Å². The minimum Gasteiger partial charge on any atom is -0.487 e. The Kier molecular flexibility index (Phi) is 12.5. The third kappa shape index (κ3) is 9.10. The maximum Gasteiger partial charge on any atom is 0.207 e. The van der Waals surface area contributed by atoms with Crippen LogP contribution in [0.2, 0.25) is 5.02 Å². The van der Waals surface area contributed by atoms with Gasteiger partial charge in [-0.05, 0) is 72.3 Å². The van der Waals surface area contributed by atoms with Gasteiger partial charge in [-0.2, -0.15) is 0 Å². The number of nitrogens with zero attached hydrogens (tertiary/aromatic N) is 3. The first-order chi connectivity index (χ1) is 17.7. The van der Waals surface area contributed by atoms with Crippen LogP contribution in [0.5, 0.6) is 5.75 Å². The van der Waals surface area contributed by atoms with Crippen LogP contribution in [0.15, 0.2) is 24.3 Å². The molecule has 3 N–H and O–H groups in total. The molecular weight excluding hydrogens is 494 g/mol. The van der Waals surface area contributed by atoms with Gasteiger partial charge in [0, 0.05) is 16.6 Å². The molecule has 3 aromatic rings. The van der Waals surface area contributed by atoms with E-state index in [9.17, 15) is 4.79 Å². The molecule has 0 atom stereocenters. The number of carbonyl (C=O) groups excluding carboxylic acids is 2. The Morgan fingerprint density at radius 2 is 1.84 bits per heavy atom. The van der Waals surface area contributed by atoms with E-state index in [0.717, 1.165) is 78.3 Å². The topological polar surface area (TPSA) is 120 Å². The number of amides is 1. The third-order valence-corrected chi connectivity index (χ3v) is 5.98. The Bertz CT molecular complexity index is 1130. The molecule has 10 heteroatoms. The van der Waals surface area contributed by atoms with Crippen LogP contribution >= 0.6 is 11.6 Å². The molecule has 1 aromatic carbocycles. The number of ether oxygens (including phenoxy) is 1. The van der Waals surface area contributed by atoms with Crippen LogP contribution in [-0.4, -0.2) is 76.5 Å². The van der Waals surface area contributed by atoms with Crippen LogP contribution in [0, 0.1) is 6.92 Å². The lowest BCUT2D eigenvalue weighted by Crippen LogP contribution is -2.40. The van der Waals surface area contributed by atoms with Gasteiger partial charge in [0.25, 0.3) is 0 Å². The second-order valence-electron chi connectivity index (χ2n) is 9.03. The summed E-state index contributed by atoms with van der Waals surface area (Å²) in [6.45, 7) is 9.92. The Hall–Kier alpha value is -3.01. The van der Waals surface area contributed by atoms with Gasteiger partial charge in [0.1, 0.15) is 6.29 Å². The number of aliphatic hydroxyl groups excluding tert-OH is 1. The minimum atomic E-state index is -0.361. The van der Waals surface area contributed by atoms with E-state index in [4.69, 9.17) is 36.2 Å². The van der Waals surface area contributed by atoms with Crippen LogP contribution in [0.4, 0.5) is 0 Å². The summed E-state index contributed by atoms with van der Waals surface area (Å²) in [7, 11) is 2.11. The number of halogens is 1. The molecular formula is C27H38ClN5O4. The zero-order chi connectivity index (χ0) is 27.4. The molecule has 202 valence electrons. The average Bonchev–Trinajstić information content (AvgIpc) is 3.19. The van der Waals surface area contributed by atoms with Gasteiger partial charge in [0.2, 0.25) is 6.41 Å². The van der Waals surface area contributed by atoms with E-state index in [1.807, 2.05) is 45.0 Å². The van der Waals surface area contributed by atoms with E-state index in [2.05, 4.69) is 29.2 Å². The third-order valence-electron chi connectivity index (χ3n) is 5.73. The summed E-state index contributed by atoms with van der Waals surface area (Å²) in [5, 5.41) is 11.0. The number of rotatable bonds is 7. The summed E-state index contributed by atoms with van der Waals surface area (Å²) >= 11 is 5.99. The lowest BCUT2D eigenvalue weighted by atomic mass is 10.1. The molecule has 3 heterocycles. The fourth-order valence-electron chi connectivity index (χ4n) is 3.86. The maximum atomic E-state index is 10.0. The first-order valence-corrected chi connectivity index (χ1v) is 12.9. The maximum absolute atomic E-state index is 10.0. The molecule has 1 aliphatic heterocycles. The highest BCUT2D eigenvalue weighted by Crippen LogP contribution is 2.32. The number of benzene rings is 1. The molecule has 0 spiro atoms. The van der Waals surface area contributed by atoms with E-state index in [1.165, 1.54) is 0 Å². The normalized spacial score (nSPS) is 13.8. The molecule has 9 nitrogen and oxygen atoms in total. The van der Waals surface area contributed by atoms with Crippen molar-refractivity contribution in [1.82, 2.24) is 25.2 Å². The number of piperidine rings is 1. The molecule has 4 rings (SSSR count). The quantitative estimate of drug-likeness (QED) is 0.395. The van der Waals surface area contributed by atoms with Crippen molar-refractivity contribution in [2.75, 3.05) is 26.7 Å². The van der Waals surface area contributed by atoms with Gasteiger partial charge in [-0.15, -0.1) is 0 Å².